The predicted molar refractivity (Wildman–Crippen MR) is 408 cm³/mol. The van der Waals surface area contributed by atoms with E-state index in [1.54, 1.807) is 68.4 Å². The number of carbonyl (C=O) groups is 3. The number of aryl methyl sites for hydroxylation is 3. The standard InChI is InChI=1S/C23H18F3N3O4.C22H16F3N3O4.C17H13ClF2N2O3.C12H17BFNO3.C3H9ISi/c1-12-3-6-18(28-19(12)15-10-14(24)11-27-20(15)31-2)29-21(30)22(7-8-22)13-4-5-16-17(9-13)33-23(25,26)32-16;1-11-2-5-17(27-18(11)14-9-13(23)10-26-19(14)29)28-20(30)21(6-7-21)12-3-4-15-16(8-12)32-22(24,25)31-15;1-9-2-5-13(21-14(9)18)22-15(23)16(6-7-16)10-3-4-11-12(8-10)25-17(19,20)24-11;1-11(2)12(3,4)18-13(17-11)9-6-8(14)7-15-10(9)16-5;1-5(2,3)4/h3-6,9-11H,7-8H2,1-2H3,(H,28,29,30);2-5,8-10H,6-7H2,1H3,(H,26,29)(H,27,28,30);2-5,8H,6-7H2,1H3,(H,21,22,23);6-7H,1-5H3;1-3H3. The summed E-state index contributed by atoms with van der Waals surface area (Å²) in [5.74, 6) is -1.83. The zero-order chi connectivity index (χ0) is 81.9. The number of carbonyl (C=O) groups excluding carboxylic acids is 3. The number of H-pyrrole nitrogens is 1. The van der Waals surface area contributed by atoms with E-state index >= 15 is 0 Å². The van der Waals surface area contributed by atoms with Crippen molar-refractivity contribution in [3.8, 4) is 68.8 Å². The Kier molecular flexibility index (Phi) is 22.5. The highest BCUT2D eigenvalue weighted by Crippen LogP contribution is 2.56. The van der Waals surface area contributed by atoms with Crippen molar-refractivity contribution in [3.63, 3.8) is 0 Å². The average Bonchev–Trinajstić information content (AvgIpc) is 1.63. The fraction of sp³-hybridized carbons (Fsp3) is 0.338. The molecule has 0 atom stereocenters. The lowest BCUT2D eigenvalue weighted by atomic mass is 9.79. The number of aromatic amines is 1. The second-order valence-electron chi connectivity index (χ2n) is 29.3. The Labute approximate surface area is 660 Å². The number of hydrogen-bond acceptors (Lipinski definition) is 19. The summed E-state index contributed by atoms with van der Waals surface area (Å²) in [6.07, 6.45) is -4.74. The quantitative estimate of drug-likeness (QED) is 0.0259. The first-order valence-corrected chi connectivity index (χ1v) is 42.0. The van der Waals surface area contributed by atoms with Crippen LogP contribution in [0.2, 0.25) is 24.8 Å². The van der Waals surface area contributed by atoms with E-state index in [0.717, 1.165) is 35.8 Å². The molecular formula is C77H73BClF9IN9O14Si. The van der Waals surface area contributed by atoms with Gasteiger partial charge in [0.1, 0.15) is 45.6 Å². The van der Waals surface area contributed by atoms with E-state index in [1.165, 1.54) is 62.8 Å². The molecule has 0 bridgehead atoms. The Balaban J connectivity index is 0.000000139. The van der Waals surface area contributed by atoms with Gasteiger partial charge in [-0.2, -0.15) is 0 Å². The summed E-state index contributed by atoms with van der Waals surface area (Å²) in [7, 11) is 2.23. The molecule has 113 heavy (non-hydrogen) atoms. The van der Waals surface area contributed by atoms with Crippen LogP contribution in [0.15, 0.2) is 133 Å². The summed E-state index contributed by atoms with van der Waals surface area (Å²) < 4.78 is 169. The maximum Gasteiger partial charge on any atom is 0.586 e. The number of pyridine rings is 6. The number of amides is 3. The van der Waals surface area contributed by atoms with Crippen molar-refractivity contribution < 1.29 is 101 Å². The summed E-state index contributed by atoms with van der Waals surface area (Å²) in [6, 6.07) is 26.7. The molecule has 0 radical (unpaired) electrons. The second-order valence-corrected chi connectivity index (χ2v) is 43.5. The van der Waals surface area contributed by atoms with Gasteiger partial charge in [0.2, 0.25) is 29.5 Å². The van der Waals surface area contributed by atoms with Crippen molar-refractivity contribution in [2.24, 2.45) is 0 Å². The minimum atomic E-state index is -3.74. The van der Waals surface area contributed by atoms with Gasteiger partial charge in [-0.25, -0.2) is 38.1 Å². The van der Waals surface area contributed by atoms with Gasteiger partial charge in [-0.1, -0.05) is 67.6 Å². The van der Waals surface area contributed by atoms with Crippen LogP contribution in [0, 0.1) is 38.2 Å². The van der Waals surface area contributed by atoms with Gasteiger partial charge in [-0.3, -0.25) is 19.2 Å². The van der Waals surface area contributed by atoms with E-state index in [2.05, 4.69) is 116 Å². The van der Waals surface area contributed by atoms with Crippen LogP contribution in [0.4, 0.5) is 57.0 Å². The molecule has 9 aromatic rings. The number of ether oxygens (including phenoxy) is 8. The minimum absolute atomic E-state index is 0.0384. The van der Waals surface area contributed by atoms with E-state index in [-0.39, 0.29) is 81.0 Å². The van der Waals surface area contributed by atoms with Crippen LogP contribution in [-0.2, 0) is 39.9 Å². The van der Waals surface area contributed by atoms with Gasteiger partial charge < -0.3 is 68.1 Å². The summed E-state index contributed by atoms with van der Waals surface area (Å²) in [5, 5.41) is 8.57. The van der Waals surface area contributed by atoms with Gasteiger partial charge >= 0.3 is 26.0 Å². The maximum absolute atomic E-state index is 13.8. The Morgan fingerprint density at radius 2 is 0.841 bits per heavy atom. The summed E-state index contributed by atoms with van der Waals surface area (Å²) in [5.41, 5.74) is 0.627. The highest BCUT2D eigenvalue weighted by atomic mass is 127. The number of fused-ring (bicyclic) bond motifs is 3. The summed E-state index contributed by atoms with van der Waals surface area (Å²) in [4.78, 5) is 74.1. The van der Waals surface area contributed by atoms with Crippen LogP contribution >= 0.6 is 33.4 Å². The van der Waals surface area contributed by atoms with Gasteiger partial charge in [0.25, 0.3) is 5.56 Å². The van der Waals surface area contributed by atoms with E-state index in [1.807, 2.05) is 34.6 Å². The smallest absolute Gasteiger partial charge is 0.481 e. The molecule has 23 nitrogen and oxygen atoms in total. The molecule has 36 heteroatoms. The number of aromatic nitrogens is 6. The zero-order valence-electron chi connectivity index (χ0n) is 62.6. The minimum Gasteiger partial charge on any atom is -0.481 e. The van der Waals surface area contributed by atoms with Crippen molar-refractivity contribution in [2.45, 2.75) is 153 Å². The molecule has 1 saturated heterocycles. The molecule has 0 unspecified atom stereocenters. The first-order valence-electron chi connectivity index (χ1n) is 35.0. The molecule has 594 valence electrons. The lowest BCUT2D eigenvalue weighted by molar-refractivity contribution is -0.287. The largest absolute Gasteiger partial charge is 0.586 e. The summed E-state index contributed by atoms with van der Waals surface area (Å²) >= 11 is 8.49. The number of nitrogens with zero attached hydrogens (tertiary/aromatic N) is 5. The Morgan fingerprint density at radius 3 is 1.22 bits per heavy atom. The molecular weight excluding hydrogens is 1650 g/mol. The van der Waals surface area contributed by atoms with Crippen LogP contribution in [0.25, 0.3) is 22.5 Å². The van der Waals surface area contributed by atoms with Gasteiger partial charge in [-0.05, 0) is 193 Å². The first kappa shape index (κ1) is 82.2. The van der Waals surface area contributed by atoms with Crippen LogP contribution in [-0.4, -0.2) is 105 Å². The number of hydrogen-bond donors (Lipinski definition) is 4. The third kappa shape index (κ3) is 18.4. The van der Waals surface area contributed by atoms with Crippen LogP contribution < -0.4 is 64.9 Å². The van der Waals surface area contributed by atoms with E-state index in [4.69, 9.17) is 30.4 Å². The number of benzene rings is 3. The van der Waals surface area contributed by atoms with Crippen LogP contribution in [0.1, 0.15) is 99.6 Å². The van der Waals surface area contributed by atoms with Crippen molar-refractivity contribution in [1.29, 1.82) is 0 Å². The van der Waals surface area contributed by atoms with Gasteiger partial charge in [0.15, 0.2) is 34.5 Å². The van der Waals surface area contributed by atoms with Gasteiger partial charge in [-0.15, -0.1) is 48.1 Å². The highest BCUT2D eigenvalue weighted by molar-refractivity contribution is 14.1. The third-order valence-electron chi connectivity index (χ3n) is 19.3. The Bertz CT molecular complexity index is 5270. The number of alkyl halides is 6. The summed E-state index contributed by atoms with van der Waals surface area (Å²) in [6.45, 7) is 20.0. The molecule has 4 fully saturated rings. The van der Waals surface area contributed by atoms with Crippen molar-refractivity contribution in [3.05, 3.63) is 194 Å². The third-order valence-corrected chi connectivity index (χ3v) is 19.7. The number of methoxy groups -OCH3 is 2. The Morgan fingerprint density at radius 1 is 0.496 bits per heavy atom. The molecule has 3 amide bonds. The molecule has 4 N–H and O–H groups in total. The SMILES string of the molecule is COc1ncc(F)cc1-c1nc(NC(=O)C2(c3ccc4c(c3)OC(F)(F)O4)CC2)ccc1C.COc1ncc(F)cc1B1OC(C)(C)C(C)(C)O1.C[Si](C)(C)I.Cc1ccc(NC(=O)C2(c3ccc4c(c3)OC(F)(F)O4)CC2)nc1-c1cc(F)c[nH]c1=O.Cc1ccc(NC(=O)C2(c3ccc4c(c3)OC(F)(F)O4)CC2)nc1Cl. The average molecular weight is 1720 g/mol. The Hall–Kier alpha value is -10.2. The molecule has 7 aliphatic rings. The highest BCUT2D eigenvalue weighted by Gasteiger charge is 2.57. The topological polar surface area (TPSA) is 277 Å². The number of rotatable bonds is 14. The maximum atomic E-state index is 13.8. The molecule has 3 aliphatic carbocycles. The normalized spacial score (nSPS) is 17.8. The fourth-order valence-electron chi connectivity index (χ4n) is 12.2. The van der Waals surface area contributed by atoms with E-state index in [9.17, 15) is 58.7 Å². The number of anilines is 3. The number of nitrogens with one attached hydrogen (secondary N) is 4. The lowest BCUT2D eigenvalue weighted by Crippen LogP contribution is -2.41. The lowest BCUT2D eigenvalue weighted by Gasteiger charge is -2.32. The van der Waals surface area contributed by atoms with Crippen molar-refractivity contribution in [2.75, 3.05) is 30.2 Å². The van der Waals surface area contributed by atoms with Crippen molar-refractivity contribution in [1.82, 2.24) is 29.9 Å². The fourth-order valence-corrected chi connectivity index (χ4v) is 12.4. The molecule has 10 heterocycles. The van der Waals surface area contributed by atoms with Crippen LogP contribution in [0.3, 0.4) is 0 Å². The molecule has 6 aromatic heterocycles. The molecule has 0 spiro atoms. The molecule has 4 aliphatic heterocycles. The monoisotopic (exact) mass is 1720 g/mol. The second kappa shape index (κ2) is 30.9. The van der Waals surface area contributed by atoms with Crippen molar-refractivity contribution >= 4 is 86.7 Å². The molecule has 3 aromatic carbocycles. The molecule has 3 saturated carbocycles. The van der Waals surface area contributed by atoms with Crippen LogP contribution in [0.5, 0.6) is 46.3 Å². The molecule has 16 rings (SSSR count). The van der Waals surface area contributed by atoms with Gasteiger partial charge in [0, 0.05) is 11.7 Å². The number of halogens is 11. The van der Waals surface area contributed by atoms with Gasteiger partial charge in [0.05, 0.1) is 76.6 Å². The first-order chi connectivity index (χ1) is 52.9. The zero-order valence-corrected chi connectivity index (χ0v) is 66.5. The van der Waals surface area contributed by atoms with E-state index < -0.39 is 82.0 Å². The van der Waals surface area contributed by atoms with E-state index in [0.29, 0.717) is 94.3 Å². The predicted octanol–water partition coefficient (Wildman–Crippen LogP) is 16.3.